The third kappa shape index (κ3) is 2.66. The molecule has 1 aromatic carbocycles. The summed E-state index contributed by atoms with van der Waals surface area (Å²) in [7, 11) is 3.14. The van der Waals surface area contributed by atoms with E-state index in [9.17, 15) is 0 Å². The number of methoxy groups -OCH3 is 2. The predicted molar refractivity (Wildman–Crippen MR) is 63.2 cm³/mol. The minimum Gasteiger partial charge on any atom is -0.493 e. The van der Waals surface area contributed by atoms with E-state index in [4.69, 9.17) is 19.6 Å². The summed E-state index contributed by atoms with van der Waals surface area (Å²) in [6, 6.07) is 3.50. The first-order chi connectivity index (χ1) is 7.76. The molecule has 0 aliphatic rings. The van der Waals surface area contributed by atoms with Gasteiger partial charge in [0.1, 0.15) is 0 Å². The molecule has 0 radical (unpaired) electrons. The fourth-order valence-electron chi connectivity index (χ4n) is 1.33. The maximum absolute atomic E-state index is 7.22. The van der Waals surface area contributed by atoms with Crippen LogP contribution >= 0.6 is 0 Å². The van der Waals surface area contributed by atoms with Gasteiger partial charge in [-0.25, -0.2) is 0 Å². The fraction of sp³-hybridized carbons (Fsp3) is 0.417. The Morgan fingerprint density at radius 3 is 2.12 bits per heavy atom. The zero-order valence-electron chi connectivity index (χ0n) is 9.87. The molecule has 0 aliphatic heterocycles. The van der Waals surface area contributed by atoms with Crippen LogP contribution in [0.25, 0.3) is 0 Å². The Bertz CT molecular complexity index is 338. The third-order valence-corrected chi connectivity index (χ3v) is 2.10. The fourth-order valence-corrected chi connectivity index (χ4v) is 1.33. The van der Waals surface area contributed by atoms with Crippen LogP contribution in [0.1, 0.15) is 18.9 Å². The van der Waals surface area contributed by atoms with Crippen molar-refractivity contribution in [3.05, 3.63) is 17.7 Å². The van der Waals surface area contributed by atoms with E-state index >= 15 is 0 Å². The van der Waals surface area contributed by atoms with Crippen LogP contribution in [0.15, 0.2) is 12.1 Å². The number of hydrogen-bond donors (Lipinski definition) is 1. The molecule has 1 N–H and O–H groups in total. The Balaban J connectivity index is 3.14. The lowest BCUT2D eigenvalue weighted by Gasteiger charge is -2.14. The van der Waals surface area contributed by atoms with Crippen molar-refractivity contribution in [2.45, 2.75) is 13.3 Å². The van der Waals surface area contributed by atoms with Crippen LogP contribution in [0.5, 0.6) is 17.2 Å². The van der Waals surface area contributed by atoms with Gasteiger partial charge in [-0.05, 0) is 24.1 Å². The normalized spacial score (nSPS) is 9.69. The van der Waals surface area contributed by atoms with Crippen LogP contribution in [0.2, 0.25) is 0 Å². The minimum absolute atomic E-state index is 0.589. The maximum Gasteiger partial charge on any atom is 0.203 e. The van der Waals surface area contributed by atoms with E-state index in [2.05, 4.69) is 0 Å². The first-order valence-corrected chi connectivity index (χ1v) is 5.16. The van der Waals surface area contributed by atoms with Gasteiger partial charge in [0.15, 0.2) is 11.5 Å². The summed E-state index contributed by atoms with van der Waals surface area (Å²) in [6.07, 6.45) is 2.16. The van der Waals surface area contributed by atoms with Crippen molar-refractivity contribution in [2.75, 3.05) is 20.8 Å². The van der Waals surface area contributed by atoms with Gasteiger partial charge in [-0.3, -0.25) is 0 Å². The Labute approximate surface area is 95.6 Å². The molecule has 0 aromatic heterocycles. The zero-order chi connectivity index (χ0) is 12.0. The van der Waals surface area contributed by atoms with E-state index in [1.54, 1.807) is 26.4 Å². The lowest BCUT2D eigenvalue weighted by Crippen LogP contribution is -2.01. The van der Waals surface area contributed by atoms with Gasteiger partial charge in [-0.2, -0.15) is 0 Å². The summed E-state index contributed by atoms with van der Waals surface area (Å²) >= 11 is 0. The molecule has 88 valence electrons. The van der Waals surface area contributed by atoms with Gasteiger partial charge < -0.3 is 19.6 Å². The first kappa shape index (κ1) is 12.4. The van der Waals surface area contributed by atoms with Crippen molar-refractivity contribution < 1.29 is 14.2 Å². The second-order valence-corrected chi connectivity index (χ2v) is 3.25. The number of nitrogens with one attached hydrogen (secondary N) is 1. The van der Waals surface area contributed by atoms with Gasteiger partial charge in [-0.1, -0.05) is 6.92 Å². The van der Waals surface area contributed by atoms with Crippen LogP contribution < -0.4 is 14.2 Å². The number of hydrogen-bond acceptors (Lipinski definition) is 4. The molecule has 0 atom stereocenters. The molecule has 1 rings (SSSR count). The van der Waals surface area contributed by atoms with E-state index in [0.717, 1.165) is 12.0 Å². The van der Waals surface area contributed by atoms with Crippen LogP contribution in [-0.4, -0.2) is 27.0 Å². The summed E-state index contributed by atoms with van der Waals surface area (Å²) in [5.74, 6) is 1.77. The molecule has 0 unspecified atom stereocenters. The molecule has 0 amide bonds. The summed E-state index contributed by atoms with van der Waals surface area (Å²) < 4.78 is 16.0. The van der Waals surface area contributed by atoms with Crippen LogP contribution in [0.4, 0.5) is 0 Å². The van der Waals surface area contributed by atoms with Gasteiger partial charge in [0.25, 0.3) is 0 Å². The van der Waals surface area contributed by atoms with Crippen molar-refractivity contribution in [1.29, 1.82) is 5.41 Å². The third-order valence-electron chi connectivity index (χ3n) is 2.10. The highest BCUT2D eigenvalue weighted by atomic mass is 16.5. The van der Waals surface area contributed by atoms with Crippen LogP contribution in [0.3, 0.4) is 0 Å². The molecule has 0 saturated heterocycles. The molecule has 0 heterocycles. The first-order valence-electron chi connectivity index (χ1n) is 5.16. The van der Waals surface area contributed by atoms with Gasteiger partial charge >= 0.3 is 0 Å². The second kappa shape index (κ2) is 6.00. The summed E-state index contributed by atoms with van der Waals surface area (Å²) in [4.78, 5) is 0. The molecular formula is C12H17NO3. The average Bonchev–Trinajstić information content (AvgIpc) is 2.35. The van der Waals surface area contributed by atoms with Crippen LogP contribution in [0, 0.1) is 5.41 Å². The lowest BCUT2D eigenvalue weighted by atomic mass is 10.2. The molecule has 0 aliphatic carbocycles. The smallest absolute Gasteiger partial charge is 0.203 e. The van der Waals surface area contributed by atoms with E-state index in [1.807, 2.05) is 6.92 Å². The van der Waals surface area contributed by atoms with E-state index < -0.39 is 0 Å². The Morgan fingerprint density at radius 1 is 1.19 bits per heavy atom. The van der Waals surface area contributed by atoms with Gasteiger partial charge in [0.2, 0.25) is 5.75 Å². The summed E-state index contributed by atoms with van der Waals surface area (Å²) in [5, 5.41) is 7.22. The minimum atomic E-state index is 0.589. The molecular weight excluding hydrogens is 206 g/mol. The molecule has 0 saturated carbocycles. The molecule has 0 bridgehead atoms. The van der Waals surface area contributed by atoms with Crippen molar-refractivity contribution in [3.63, 3.8) is 0 Å². The zero-order valence-corrected chi connectivity index (χ0v) is 9.87. The van der Waals surface area contributed by atoms with Crippen LogP contribution in [-0.2, 0) is 0 Å². The van der Waals surface area contributed by atoms with Crippen molar-refractivity contribution >= 4 is 6.21 Å². The summed E-state index contributed by atoms with van der Waals surface area (Å²) in [5.41, 5.74) is 0.720. The molecule has 1 aromatic rings. The van der Waals surface area contributed by atoms with Gasteiger partial charge in [0.05, 0.1) is 20.8 Å². The van der Waals surface area contributed by atoms with E-state index in [-0.39, 0.29) is 0 Å². The number of benzene rings is 1. The van der Waals surface area contributed by atoms with E-state index in [1.165, 1.54) is 6.21 Å². The highest BCUT2D eigenvalue weighted by Crippen LogP contribution is 2.38. The second-order valence-electron chi connectivity index (χ2n) is 3.25. The molecule has 0 spiro atoms. The van der Waals surface area contributed by atoms with Crippen molar-refractivity contribution in [3.8, 4) is 17.2 Å². The van der Waals surface area contributed by atoms with Crippen molar-refractivity contribution in [1.82, 2.24) is 0 Å². The Hall–Kier alpha value is -1.71. The highest BCUT2D eigenvalue weighted by Gasteiger charge is 2.13. The van der Waals surface area contributed by atoms with Gasteiger partial charge in [-0.15, -0.1) is 0 Å². The number of rotatable bonds is 6. The molecule has 16 heavy (non-hydrogen) atoms. The topological polar surface area (TPSA) is 51.5 Å². The molecule has 4 heteroatoms. The van der Waals surface area contributed by atoms with E-state index in [0.29, 0.717) is 23.9 Å². The Kier molecular flexibility index (Phi) is 4.64. The molecule has 4 nitrogen and oxygen atoms in total. The standard InChI is InChI=1S/C12H17NO3/c1-4-5-16-12-10(14-2)6-9(8-13)7-11(12)15-3/h6-8,13H,4-5H2,1-3H3. The summed E-state index contributed by atoms with van der Waals surface area (Å²) in [6.45, 7) is 2.64. The Morgan fingerprint density at radius 2 is 1.75 bits per heavy atom. The van der Waals surface area contributed by atoms with Crippen molar-refractivity contribution in [2.24, 2.45) is 0 Å². The average molecular weight is 223 g/mol. The SMILES string of the molecule is CCCOc1c(OC)cc(C=N)cc1OC. The predicted octanol–water partition coefficient (Wildman–Crippen LogP) is 2.49. The van der Waals surface area contributed by atoms with Gasteiger partial charge in [0, 0.05) is 6.21 Å². The maximum atomic E-state index is 7.22. The highest BCUT2D eigenvalue weighted by molar-refractivity contribution is 5.80. The molecule has 0 fully saturated rings. The monoisotopic (exact) mass is 223 g/mol. The quantitative estimate of drug-likeness (QED) is 0.754. The lowest BCUT2D eigenvalue weighted by molar-refractivity contribution is 0.275. The largest absolute Gasteiger partial charge is 0.493 e. The number of ether oxygens (including phenoxy) is 3.